The lowest BCUT2D eigenvalue weighted by Gasteiger charge is -2.40. The van der Waals surface area contributed by atoms with E-state index in [9.17, 15) is 14.0 Å². The fourth-order valence-corrected chi connectivity index (χ4v) is 3.58. The maximum absolute atomic E-state index is 13.1. The molecule has 1 fully saturated rings. The van der Waals surface area contributed by atoms with Gasteiger partial charge in [0.2, 0.25) is 5.91 Å². The maximum Gasteiger partial charge on any atom is 0.345 e. The Hall–Kier alpha value is -2.77. The predicted octanol–water partition coefficient (Wildman–Crippen LogP) is 1.59. The first kappa shape index (κ1) is 19.0. The van der Waals surface area contributed by atoms with Crippen LogP contribution in [0.15, 0.2) is 23.1 Å². The van der Waals surface area contributed by atoms with Crippen LogP contribution in [0.3, 0.4) is 0 Å². The van der Waals surface area contributed by atoms with E-state index >= 15 is 0 Å². The van der Waals surface area contributed by atoms with Crippen LogP contribution < -0.4 is 10.6 Å². The van der Waals surface area contributed by atoms with Gasteiger partial charge in [0.15, 0.2) is 0 Å². The molecule has 0 spiro atoms. The molecule has 0 saturated carbocycles. The lowest BCUT2D eigenvalue weighted by Crippen LogP contribution is -2.54. The molecule has 3 heterocycles. The number of aromatic amines is 1. The highest BCUT2D eigenvalue weighted by Crippen LogP contribution is 2.19. The van der Waals surface area contributed by atoms with Crippen molar-refractivity contribution in [1.82, 2.24) is 19.9 Å². The molecule has 1 atom stereocenters. The van der Waals surface area contributed by atoms with Gasteiger partial charge in [-0.3, -0.25) is 4.79 Å². The molecule has 3 rings (SSSR count). The fourth-order valence-electron chi connectivity index (χ4n) is 3.58. The number of nitrogens with zero attached hydrogens (tertiary/aromatic N) is 4. The first-order chi connectivity index (χ1) is 12.8. The molecule has 0 radical (unpaired) electrons. The molecule has 2 aromatic rings. The van der Waals surface area contributed by atoms with E-state index in [0.717, 1.165) is 17.1 Å². The number of H-pyrrole nitrogens is 1. The van der Waals surface area contributed by atoms with Crippen molar-refractivity contribution < 1.29 is 9.18 Å². The van der Waals surface area contributed by atoms with Crippen LogP contribution in [0.1, 0.15) is 30.3 Å². The quantitative estimate of drug-likeness (QED) is 0.880. The highest BCUT2D eigenvalue weighted by molar-refractivity contribution is 5.77. The van der Waals surface area contributed by atoms with Gasteiger partial charge in [0.1, 0.15) is 11.6 Å². The van der Waals surface area contributed by atoms with E-state index in [1.54, 1.807) is 13.0 Å². The first-order valence-corrected chi connectivity index (χ1v) is 9.07. The Morgan fingerprint density at radius 2 is 2.11 bits per heavy atom. The van der Waals surface area contributed by atoms with Crippen LogP contribution in [0.2, 0.25) is 0 Å². The molecule has 144 valence electrons. The molecule has 0 aliphatic carbocycles. The summed E-state index contributed by atoms with van der Waals surface area (Å²) in [5.41, 5.74) is 2.00. The van der Waals surface area contributed by atoms with Gasteiger partial charge in [-0.25, -0.2) is 14.2 Å². The number of anilines is 1. The molecule has 1 saturated heterocycles. The third kappa shape index (κ3) is 4.32. The van der Waals surface area contributed by atoms with E-state index in [1.165, 1.54) is 12.3 Å². The standard InChI is InChI=1S/C19H24FN5O2/c1-12-11-24(8-9-25(12)17-6-4-15(20)10-21-17)18(26)7-5-16-13(2)22-19(27)23-14(16)3/h4,6,10,12H,5,7-9,11H2,1-3H3,(H,22,23,27). The van der Waals surface area contributed by atoms with Gasteiger partial charge in [0.25, 0.3) is 0 Å². The summed E-state index contributed by atoms with van der Waals surface area (Å²) >= 11 is 0. The second kappa shape index (κ2) is 7.85. The highest BCUT2D eigenvalue weighted by Gasteiger charge is 2.27. The number of rotatable bonds is 4. The van der Waals surface area contributed by atoms with Crippen LogP contribution in [-0.2, 0) is 11.2 Å². The lowest BCUT2D eigenvalue weighted by molar-refractivity contribution is -0.131. The van der Waals surface area contributed by atoms with Crippen LogP contribution in [0.5, 0.6) is 0 Å². The number of aryl methyl sites for hydroxylation is 2. The van der Waals surface area contributed by atoms with Gasteiger partial charge in [-0.1, -0.05) is 0 Å². The number of nitrogens with one attached hydrogen (secondary N) is 1. The minimum absolute atomic E-state index is 0.0820. The smallest absolute Gasteiger partial charge is 0.345 e. The zero-order chi connectivity index (χ0) is 19.6. The summed E-state index contributed by atoms with van der Waals surface area (Å²) in [7, 11) is 0. The largest absolute Gasteiger partial charge is 0.350 e. The molecular formula is C19H24FN5O2. The Bertz CT molecular complexity index is 854. The van der Waals surface area contributed by atoms with Gasteiger partial charge >= 0.3 is 5.69 Å². The molecule has 0 bridgehead atoms. The van der Waals surface area contributed by atoms with Crippen molar-refractivity contribution in [2.75, 3.05) is 24.5 Å². The molecule has 1 aliphatic heterocycles. The van der Waals surface area contributed by atoms with Gasteiger partial charge < -0.3 is 14.8 Å². The molecule has 0 aromatic carbocycles. The summed E-state index contributed by atoms with van der Waals surface area (Å²) in [5, 5.41) is 0. The number of carbonyl (C=O) groups is 1. The summed E-state index contributed by atoms with van der Waals surface area (Å²) in [6.07, 6.45) is 2.13. The summed E-state index contributed by atoms with van der Waals surface area (Å²) in [4.78, 5) is 38.7. The van der Waals surface area contributed by atoms with E-state index < -0.39 is 0 Å². The second-order valence-electron chi connectivity index (χ2n) is 6.95. The monoisotopic (exact) mass is 373 g/mol. The number of hydrogen-bond acceptors (Lipinski definition) is 5. The van der Waals surface area contributed by atoms with Crippen molar-refractivity contribution >= 4 is 11.7 Å². The predicted molar refractivity (Wildman–Crippen MR) is 100 cm³/mol. The summed E-state index contributed by atoms with van der Waals surface area (Å²) in [5.74, 6) is 0.447. The SMILES string of the molecule is Cc1nc(=O)[nH]c(C)c1CCC(=O)N1CCN(c2ccc(F)cn2)C(C)C1. The van der Waals surface area contributed by atoms with Crippen molar-refractivity contribution in [3.63, 3.8) is 0 Å². The van der Waals surface area contributed by atoms with E-state index in [0.29, 0.717) is 38.2 Å². The Morgan fingerprint density at radius 3 is 2.74 bits per heavy atom. The van der Waals surface area contributed by atoms with Gasteiger partial charge in [-0.15, -0.1) is 0 Å². The second-order valence-corrected chi connectivity index (χ2v) is 6.95. The van der Waals surface area contributed by atoms with E-state index in [2.05, 4.69) is 19.9 Å². The number of pyridine rings is 1. The van der Waals surface area contributed by atoms with Crippen LogP contribution in [0.4, 0.5) is 10.2 Å². The molecule has 1 N–H and O–H groups in total. The maximum atomic E-state index is 13.1. The summed E-state index contributed by atoms with van der Waals surface area (Å²) in [6.45, 7) is 7.50. The minimum atomic E-state index is -0.362. The number of carbonyl (C=O) groups excluding carboxylic acids is 1. The van der Waals surface area contributed by atoms with Crippen molar-refractivity contribution in [3.05, 3.63) is 51.6 Å². The zero-order valence-electron chi connectivity index (χ0n) is 15.8. The molecule has 1 aliphatic rings. The van der Waals surface area contributed by atoms with E-state index in [4.69, 9.17) is 0 Å². The molecule has 27 heavy (non-hydrogen) atoms. The van der Waals surface area contributed by atoms with Crippen LogP contribution in [0, 0.1) is 19.7 Å². The lowest BCUT2D eigenvalue weighted by atomic mass is 10.1. The summed E-state index contributed by atoms with van der Waals surface area (Å²) < 4.78 is 13.1. The van der Waals surface area contributed by atoms with Crippen molar-refractivity contribution in [3.8, 4) is 0 Å². The average Bonchev–Trinajstić information content (AvgIpc) is 2.61. The number of aromatic nitrogens is 3. The van der Waals surface area contributed by atoms with Gasteiger partial charge in [0, 0.05) is 43.5 Å². The van der Waals surface area contributed by atoms with Crippen molar-refractivity contribution in [1.29, 1.82) is 0 Å². The Morgan fingerprint density at radius 1 is 1.33 bits per heavy atom. The fraction of sp³-hybridized carbons (Fsp3) is 0.474. The van der Waals surface area contributed by atoms with Crippen LogP contribution in [0.25, 0.3) is 0 Å². The van der Waals surface area contributed by atoms with Crippen molar-refractivity contribution in [2.24, 2.45) is 0 Å². The highest BCUT2D eigenvalue weighted by atomic mass is 19.1. The zero-order valence-corrected chi connectivity index (χ0v) is 15.8. The topological polar surface area (TPSA) is 82.2 Å². The van der Waals surface area contributed by atoms with Gasteiger partial charge in [-0.2, -0.15) is 4.98 Å². The number of piperazine rings is 1. The summed E-state index contributed by atoms with van der Waals surface area (Å²) in [6, 6.07) is 3.16. The normalized spacial score (nSPS) is 17.3. The minimum Gasteiger partial charge on any atom is -0.350 e. The Labute approximate surface area is 157 Å². The van der Waals surface area contributed by atoms with Crippen molar-refractivity contribution in [2.45, 2.75) is 39.7 Å². The first-order valence-electron chi connectivity index (χ1n) is 9.07. The molecular weight excluding hydrogens is 349 g/mol. The van der Waals surface area contributed by atoms with Crippen LogP contribution >= 0.6 is 0 Å². The average molecular weight is 373 g/mol. The third-order valence-corrected chi connectivity index (χ3v) is 5.03. The third-order valence-electron chi connectivity index (χ3n) is 5.03. The molecule has 7 nitrogen and oxygen atoms in total. The molecule has 8 heteroatoms. The van der Waals surface area contributed by atoms with E-state index in [-0.39, 0.29) is 23.5 Å². The number of halogens is 1. The molecule has 2 aromatic heterocycles. The molecule has 1 unspecified atom stereocenters. The van der Waals surface area contributed by atoms with Crippen LogP contribution in [-0.4, -0.2) is 51.4 Å². The van der Waals surface area contributed by atoms with Gasteiger partial charge in [0.05, 0.1) is 6.20 Å². The Kier molecular flexibility index (Phi) is 5.53. The van der Waals surface area contributed by atoms with E-state index in [1.807, 2.05) is 18.7 Å². The number of amides is 1. The van der Waals surface area contributed by atoms with Gasteiger partial charge in [-0.05, 0) is 44.9 Å². The Balaban J connectivity index is 1.59. The molecule has 1 amide bonds. The number of hydrogen-bond donors (Lipinski definition) is 1.